The first-order chi connectivity index (χ1) is 11.0. The van der Waals surface area contributed by atoms with Gasteiger partial charge in [-0.3, -0.25) is 4.79 Å². The van der Waals surface area contributed by atoms with Crippen LogP contribution in [-0.2, 0) is 16.8 Å². The lowest BCUT2D eigenvalue weighted by atomic mass is 10.00. The molecule has 1 fully saturated rings. The largest absolute Gasteiger partial charge is 0.381 e. The van der Waals surface area contributed by atoms with E-state index in [9.17, 15) is 18.7 Å². The summed E-state index contributed by atoms with van der Waals surface area (Å²) in [7, 11) is 0. The summed E-state index contributed by atoms with van der Waals surface area (Å²) in [6.45, 7) is 0.498. The minimum Gasteiger partial charge on any atom is -0.381 e. The molecule has 2 heterocycles. The number of nitrogens with zero attached hydrogens (tertiary/aromatic N) is 3. The molecule has 0 spiro atoms. The van der Waals surface area contributed by atoms with Crippen LogP contribution >= 0.6 is 0 Å². The Labute approximate surface area is 131 Å². The Morgan fingerprint density at radius 3 is 3.00 bits per heavy atom. The van der Waals surface area contributed by atoms with Crippen LogP contribution < -0.4 is 0 Å². The van der Waals surface area contributed by atoms with Crippen molar-refractivity contribution >= 4 is 5.91 Å². The van der Waals surface area contributed by atoms with E-state index < -0.39 is 17.2 Å². The fourth-order valence-electron chi connectivity index (χ4n) is 2.78. The van der Waals surface area contributed by atoms with Gasteiger partial charge in [-0.05, 0) is 30.2 Å². The molecule has 2 aromatic rings. The summed E-state index contributed by atoms with van der Waals surface area (Å²) in [6.07, 6.45) is 1.95. The second kappa shape index (κ2) is 6.04. The van der Waals surface area contributed by atoms with E-state index in [1.54, 1.807) is 0 Å². The van der Waals surface area contributed by atoms with Gasteiger partial charge in [0.05, 0.1) is 12.7 Å². The molecule has 1 saturated heterocycles. The molecular weight excluding hydrogens is 306 g/mol. The number of aryl methyl sites for hydroxylation is 1. The second-order valence-electron chi connectivity index (χ2n) is 5.69. The molecular formula is C15H16F2N4O2. The molecule has 0 radical (unpaired) electrons. The number of likely N-dealkylation sites (tertiary alicyclic amines) is 1. The van der Waals surface area contributed by atoms with E-state index in [2.05, 4.69) is 15.4 Å². The number of β-amino-alcohol motifs (C(OH)–C–C–N with tert-alkyl or cyclic N) is 1. The average Bonchev–Trinajstić information content (AvgIpc) is 3.18. The molecule has 1 aliphatic heterocycles. The molecule has 0 unspecified atom stereocenters. The highest BCUT2D eigenvalue weighted by atomic mass is 19.1. The highest BCUT2D eigenvalue weighted by Crippen LogP contribution is 2.30. The summed E-state index contributed by atoms with van der Waals surface area (Å²) in [6, 6.07) is 3.19. The highest BCUT2D eigenvalue weighted by Gasteiger charge is 2.41. The van der Waals surface area contributed by atoms with E-state index in [0.717, 1.165) is 18.2 Å². The SMILES string of the molecule is O=C(CCc1cc(F)ccc1F)N1CC[C@](O)(c2cn[nH]n2)C1. The maximum atomic E-state index is 13.6. The molecule has 122 valence electrons. The number of aromatic nitrogens is 3. The number of amides is 1. The van der Waals surface area contributed by atoms with Gasteiger partial charge in [-0.25, -0.2) is 8.78 Å². The molecule has 1 aromatic carbocycles. The van der Waals surface area contributed by atoms with Crippen LogP contribution in [0.4, 0.5) is 8.78 Å². The van der Waals surface area contributed by atoms with Crippen LogP contribution in [0.2, 0.25) is 0 Å². The third-order valence-corrected chi connectivity index (χ3v) is 4.11. The minimum atomic E-state index is -1.22. The van der Waals surface area contributed by atoms with Crippen molar-refractivity contribution in [2.75, 3.05) is 13.1 Å². The molecule has 1 atom stereocenters. The number of H-pyrrole nitrogens is 1. The van der Waals surface area contributed by atoms with Gasteiger partial charge in [0.2, 0.25) is 5.91 Å². The van der Waals surface area contributed by atoms with Crippen molar-refractivity contribution in [1.82, 2.24) is 20.3 Å². The zero-order chi connectivity index (χ0) is 16.4. The van der Waals surface area contributed by atoms with E-state index in [1.165, 1.54) is 11.1 Å². The van der Waals surface area contributed by atoms with E-state index in [-0.39, 0.29) is 30.9 Å². The van der Waals surface area contributed by atoms with Crippen LogP contribution in [0.3, 0.4) is 0 Å². The summed E-state index contributed by atoms with van der Waals surface area (Å²) in [5.41, 5.74) is -0.652. The van der Waals surface area contributed by atoms with Gasteiger partial charge in [0.1, 0.15) is 22.9 Å². The summed E-state index contributed by atoms with van der Waals surface area (Å²) in [5, 5.41) is 20.5. The van der Waals surface area contributed by atoms with Gasteiger partial charge in [0, 0.05) is 19.4 Å². The van der Waals surface area contributed by atoms with Crippen molar-refractivity contribution in [3.8, 4) is 0 Å². The molecule has 3 rings (SSSR count). The van der Waals surface area contributed by atoms with Crippen LogP contribution in [0, 0.1) is 11.6 Å². The van der Waals surface area contributed by atoms with Crippen LogP contribution in [0.1, 0.15) is 24.1 Å². The molecule has 1 amide bonds. The van der Waals surface area contributed by atoms with E-state index in [0.29, 0.717) is 18.7 Å². The fraction of sp³-hybridized carbons (Fsp3) is 0.400. The number of hydrogen-bond acceptors (Lipinski definition) is 4. The molecule has 0 saturated carbocycles. The summed E-state index contributed by atoms with van der Waals surface area (Å²) >= 11 is 0. The second-order valence-corrected chi connectivity index (χ2v) is 5.69. The smallest absolute Gasteiger partial charge is 0.223 e. The Balaban J connectivity index is 1.60. The Kier molecular flexibility index (Phi) is 4.08. The molecule has 6 nitrogen and oxygen atoms in total. The topological polar surface area (TPSA) is 82.1 Å². The quantitative estimate of drug-likeness (QED) is 0.884. The zero-order valence-electron chi connectivity index (χ0n) is 12.3. The number of aromatic amines is 1. The van der Waals surface area contributed by atoms with Gasteiger partial charge in [-0.15, -0.1) is 0 Å². The number of carbonyl (C=O) groups is 1. The van der Waals surface area contributed by atoms with Crippen molar-refractivity contribution in [3.63, 3.8) is 0 Å². The highest BCUT2D eigenvalue weighted by molar-refractivity contribution is 5.77. The van der Waals surface area contributed by atoms with Gasteiger partial charge in [-0.2, -0.15) is 15.4 Å². The van der Waals surface area contributed by atoms with Gasteiger partial charge in [0.25, 0.3) is 0 Å². The van der Waals surface area contributed by atoms with Crippen LogP contribution in [0.15, 0.2) is 24.4 Å². The molecule has 8 heteroatoms. The Hall–Kier alpha value is -2.35. The minimum absolute atomic E-state index is 0.0509. The normalized spacial score (nSPS) is 20.9. The molecule has 1 aliphatic rings. The molecule has 23 heavy (non-hydrogen) atoms. The van der Waals surface area contributed by atoms with Crippen molar-refractivity contribution in [2.24, 2.45) is 0 Å². The zero-order valence-corrected chi connectivity index (χ0v) is 12.3. The van der Waals surface area contributed by atoms with Gasteiger partial charge >= 0.3 is 0 Å². The maximum absolute atomic E-state index is 13.6. The van der Waals surface area contributed by atoms with E-state index >= 15 is 0 Å². The van der Waals surface area contributed by atoms with E-state index in [4.69, 9.17) is 0 Å². The molecule has 0 bridgehead atoms. The lowest BCUT2D eigenvalue weighted by Crippen LogP contribution is -2.34. The van der Waals surface area contributed by atoms with Crippen LogP contribution in [0.25, 0.3) is 0 Å². The maximum Gasteiger partial charge on any atom is 0.223 e. The fourth-order valence-corrected chi connectivity index (χ4v) is 2.78. The number of hydrogen-bond donors (Lipinski definition) is 2. The van der Waals surface area contributed by atoms with Crippen molar-refractivity contribution in [2.45, 2.75) is 24.9 Å². The van der Waals surface area contributed by atoms with Gasteiger partial charge in [-0.1, -0.05) is 0 Å². The third-order valence-electron chi connectivity index (χ3n) is 4.11. The van der Waals surface area contributed by atoms with E-state index in [1.807, 2.05) is 0 Å². The number of rotatable bonds is 4. The number of halogens is 2. The van der Waals surface area contributed by atoms with Crippen molar-refractivity contribution < 1.29 is 18.7 Å². The summed E-state index contributed by atoms with van der Waals surface area (Å²) in [5.74, 6) is -1.27. The predicted molar refractivity (Wildman–Crippen MR) is 76.2 cm³/mol. The summed E-state index contributed by atoms with van der Waals surface area (Å²) < 4.78 is 26.7. The molecule has 1 aromatic heterocycles. The van der Waals surface area contributed by atoms with Crippen molar-refractivity contribution in [3.05, 3.63) is 47.3 Å². The number of aliphatic hydroxyl groups is 1. The van der Waals surface area contributed by atoms with Gasteiger partial charge < -0.3 is 10.0 Å². The molecule has 0 aliphatic carbocycles. The Morgan fingerprint density at radius 1 is 1.43 bits per heavy atom. The first-order valence-corrected chi connectivity index (χ1v) is 7.28. The Bertz CT molecular complexity index is 708. The van der Waals surface area contributed by atoms with Crippen molar-refractivity contribution in [1.29, 1.82) is 0 Å². The number of benzene rings is 1. The number of nitrogens with one attached hydrogen (secondary N) is 1. The average molecular weight is 322 g/mol. The summed E-state index contributed by atoms with van der Waals surface area (Å²) in [4.78, 5) is 13.7. The Morgan fingerprint density at radius 2 is 2.26 bits per heavy atom. The first kappa shape index (κ1) is 15.5. The lowest BCUT2D eigenvalue weighted by Gasteiger charge is -2.21. The predicted octanol–water partition coefficient (Wildman–Crippen LogP) is 1.14. The van der Waals surface area contributed by atoms with Gasteiger partial charge in [0.15, 0.2) is 0 Å². The third kappa shape index (κ3) is 3.21. The monoisotopic (exact) mass is 322 g/mol. The lowest BCUT2D eigenvalue weighted by molar-refractivity contribution is -0.131. The molecule has 2 N–H and O–H groups in total. The van der Waals surface area contributed by atoms with Crippen LogP contribution in [0.5, 0.6) is 0 Å². The van der Waals surface area contributed by atoms with Crippen LogP contribution in [-0.4, -0.2) is 44.4 Å². The number of carbonyl (C=O) groups excluding carboxylic acids is 1. The first-order valence-electron chi connectivity index (χ1n) is 7.28. The standard InChI is InChI=1S/C15H16F2N4O2/c16-11-2-3-12(17)10(7-11)1-4-14(22)21-6-5-15(23,9-21)13-8-18-20-19-13/h2-3,7-8,23H,1,4-6,9H2,(H,18,19,20)/t15-/m1/s1.